The van der Waals surface area contributed by atoms with Crippen molar-refractivity contribution in [2.24, 2.45) is 5.92 Å². The van der Waals surface area contributed by atoms with E-state index in [0.29, 0.717) is 30.4 Å². The van der Waals surface area contributed by atoms with Crippen LogP contribution in [-0.2, 0) is 41.8 Å². The number of alkyl carbamates (subject to hydrolysis) is 1. The summed E-state index contributed by atoms with van der Waals surface area (Å²) in [7, 11) is 0. The summed E-state index contributed by atoms with van der Waals surface area (Å²) >= 11 is 0. The second-order valence-electron chi connectivity index (χ2n) is 16.0. The molecule has 3 aliphatic heterocycles. The normalized spacial score (nSPS) is 27.5. The molecule has 5 amide bonds. The Morgan fingerprint density at radius 3 is 2.34 bits per heavy atom. The molecule has 3 fully saturated rings. The van der Waals surface area contributed by atoms with Crippen molar-refractivity contribution in [3.8, 4) is 0 Å². The highest BCUT2D eigenvalue weighted by molar-refractivity contribution is 5.97. The average molecular weight is 702 g/mol. The molecule has 0 spiro atoms. The lowest BCUT2D eigenvalue weighted by Gasteiger charge is -2.30. The minimum atomic E-state index is -1.22. The summed E-state index contributed by atoms with van der Waals surface area (Å²) in [5.74, 6) is -2.05. The lowest BCUT2D eigenvalue weighted by atomic mass is 10.0. The molecule has 5 rings (SSSR count). The maximum Gasteiger partial charge on any atom is 0.410 e. The number of fused-ring (bicyclic) bond motifs is 3. The van der Waals surface area contributed by atoms with Gasteiger partial charge in [-0.05, 0) is 78.4 Å². The van der Waals surface area contributed by atoms with Crippen molar-refractivity contribution in [1.82, 2.24) is 25.9 Å². The molecular formula is C36H52FN5O8. The zero-order chi connectivity index (χ0) is 36.4. The Morgan fingerprint density at radius 1 is 0.960 bits per heavy atom. The Bertz CT molecular complexity index is 1470. The molecule has 1 saturated carbocycles. The summed E-state index contributed by atoms with van der Waals surface area (Å²) in [5, 5.41) is 5.69. The third-order valence-electron chi connectivity index (χ3n) is 9.64. The maximum atomic E-state index is 14.4. The van der Waals surface area contributed by atoms with Crippen molar-refractivity contribution in [1.29, 1.82) is 0 Å². The first-order valence-electron chi connectivity index (χ1n) is 17.8. The molecule has 0 aromatic heterocycles. The molecule has 0 bridgehead atoms. The number of hydrogen-bond acceptors (Lipinski definition) is 8. The number of benzene rings is 1. The zero-order valence-electron chi connectivity index (χ0n) is 30.1. The van der Waals surface area contributed by atoms with Crippen LogP contribution in [0.25, 0.3) is 0 Å². The van der Waals surface area contributed by atoms with Gasteiger partial charge in [-0.15, -0.1) is 0 Å². The third kappa shape index (κ3) is 9.04. The Morgan fingerprint density at radius 2 is 1.66 bits per heavy atom. The standard InChI is InChI=1S/C36H52FN5O8/c1-34(2,3)49-32(46)38-27-16-11-9-7-8-10-14-23-18-36(23,31(45)40-50-35(4,5)6)39-29(43)28-17-24(20-42(28)30(27)44)48-33(47)41-19-22-13-12-15-26(37)25(22)21-41/h12-13,15,23-24,27-28H,7-11,14,16-21H2,1-6H3,(H,38,46)(H,39,43)(H,40,45)/t23-,24-,27+,28+,36-/m1/s1. The van der Waals surface area contributed by atoms with Gasteiger partial charge in [0.1, 0.15) is 35.1 Å². The van der Waals surface area contributed by atoms with Crippen LogP contribution in [0.5, 0.6) is 0 Å². The molecule has 1 aromatic carbocycles. The molecule has 0 unspecified atom stereocenters. The van der Waals surface area contributed by atoms with E-state index in [2.05, 4.69) is 16.1 Å². The largest absolute Gasteiger partial charge is 0.444 e. The smallest absolute Gasteiger partial charge is 0.410 e. The zero-order valence-corrected chi connectivity index (χ0v) is 30.1. The van der Waals surface area contributed by atoms with E-state index < -0.39 is 70.7 Å². The van der Waals surface area contributed by atoms with Crippen molar-refractivity contribution in [2.75, 3.05) is 6.54 Å². The van der Waals surface area contributed by atoms with E-state index >= 15 is 0 Å². The lowest BCUT2D eigenvalue weighted by Crippen LogP contribution is -2.58. The SMILES string of the molecule is CC(C)(C)ONC(=O)[C@@]12C[C@H]1CCCCCCC[C@H](NC(=O)OC(C)(C)C)C(=O)N1C[C@H](OC(=O)N3Cc4cccc(F)c4C3)C[C@H]1C(=O)N2. The number of ether oxygens (including phenoxy) is 2. The first kappa shape index (κ1) is 37.3. The van der Waals surface area contributed by atoms with Gasteiger partial charge in [0, 0.05) is 18.5 Å². The van der Waals surface area contributed by atoms with Gasteiger partial charge in [-0.2, -0.15) is 0 Å². The van der Waals surface area contributed by atoms with Crippen LogP contribution in [0, 0.1) is 11.7 Å². The molecule has 4 aliphatic rings. The van der Waals surface area contributed by atoms with Crippen LogP contribution >= 0.6 is 0 Å². The quantitative estimate of drug-likeness (QED) is 0.385. The Balaban J connectivity index is 1.38. The second kappa shape index (κ2) is 14.7. The molecule has 14 heteroatoms. The molecule has 1 aliphatic carbocycles. The molecule has 0 radical (unpaired) electrons. The number of nitrogens with one attached hydrogen (secondary N) is 3. The van der Waals surface area contributed by atoms with Gasteiger partial charge in [0.05, 0.1) is 18.7 Å². The van der Waals surface area contributed by atoms with Crippen LogP contribution < -0.4 is 16.1 Å². The number of hydroxylamine groups is 1. The van der Waals surface area contributed by atoms with E-state index in [1.807, 2.05) is 0 Å². The Labute approximate surface area is 293 Å². The number of rotatable bonds is 4. The fourth-order valence-electron chi connectivity index (χ4n) is 7.04. The third-order valence-corrected chi connectivity index (χ3v) is 9.64. The van der Waals surface area contributed by atoms with Crippen LogP contribution in [0.3, 0.4) is 0 Å². The van der Waals surface area contributed by atoms with Crippen molar-refractivity contribution in [2.45, 2.75) is 147 Å². The number of carbonyl (C=O) groups excluding carboxylic acids is 5. The molecule has 1 aromatic rings. The van der Waals surface area contributed by atoms with Gasteiger partial charge >= 0.3 is 12.2 Å². The minimum Gasteiger partial charge on any atom is -0.444 e. The van der Waals surface area contributed by atoms with E-state index in [4.69, 9.17) is 14.3 Å². The Kier molecular flexibility index (Phi) is 11.0. The molecule has 2 saturated heterocycles. The molecule has 276 valence electrons. The molecular weight excluding hydrogens is 649 g/mol. The number of halogens is 1. The summed E-state index contributed by atoms with van der Waals surface area (Å²) in [4.78, 5) is 76.5. The highest BCUT2D eigenvalue weighted by Gasteiger charge is 2.62. The summed E-state index contributed by atoms with van der Waals surface area (Å²) in [6.07, 6.45) is 3.31. The van der Waals surface area contributed by atoms with Gasteiger partial charge in [-0.3, -0.25) is 24.1 Å². The van der Waals surface area contributed by atoms with E-state index in [9.17, 15) is 28.4 Å². The van der Waals surface area contributed by atoms with Crippen LogP contribution in [0.4, 0.5) is 14.0 Å². The number of amides is 5. The first-order chi connectivity index (χ1) is 23.5. The average Bonchev–Trinajstić information content (AvgIpc) is 3.32. The van der Waals surface area contributed by atoms with Crippen molar-refractivity contribution >= 4 is 29.9 Å². The van der Waals surface area contributed by atoms with E-state index in [1.165, 1.54) is 15.9 Å². The monoisotopic (exact) mass is 701 g/mol. The summed E-state index contributed by atoms with van der Waals surface area (Å²) in [5.41, 5.74) is 0.967. The van der Waals surface area contributed by atoms with E-state index in [0.717, 1.165) is 32.1 Å². The predicted octanol–water partition coefficient (Wildman–Crippen LogP) is 4.61. The van der Waals surface area contributed by atoms with Gasteiger partial charge in [-0.1, -0.05) is 44.2 Å². The minimum absolute atomic E-state index is 0.0293. The number of carbonyl (C=O) groups is 5. The highest BCUT2D eigenvalue weighted by Crippen LogP contribution is 2.48. The van der Waals surface area contributed by atoms with Crippen LogP contribution in [0.2, 0.25) is 0 Å². The summed E-state index contributed by atoms with van der Waals surface area (Å²) in [6.45, 7) is 10.7. The highest BCUT2D eigenvalue weighted by atomic mass is 19.1. The first-order valence-corrected chi connectivity index (χ1v) is 17.8. The van der Waals surface area contributed by atoms with Gasteiger partial charge in [0.15, 0.2) is 0 Å². The number of hydrogen-bond donors (Lipinski definition) is 3. The van der Waals surface area contributed by atoms with Gasteiger partial charge in [0.2, 0.25) is 11.8 Å². The van der Waals surface area contributed by atoms with Crippen LogP contribution in [0.15, 0.2) is 18.2 Å². The molecule has 50 heavy (non-hydrogen) atoms. The van der Waals surface area contributed by atoms with Crippen LogP contribution in [0.1, 0.15) is 110 Å². The van der Waals surface area contributed by atoms with E-state index in [-0.39, 0.29) is 32.0 Å². The second-order valence-corrected chi connectivity index (χ2v) is 16.0. The predicted molar refractivity (Wildman–Crippen MR) is 179 cm³/mol. The fourth-order valence-corrected chi connectivity index (χ4v) is 7.04. The van der Waals surface area contributed by atoms with Crippen molar-refractivity contribution < 1.29 is 42.7 Å². The maximum absolute atomic E-state index is 14.4. The molecule has 3 N–H and O–H groups in total. The topological polar surface area (TPSA) is 156 Å². The summed E-state index contributed by atoms with van der Waals surface area (Å²) < 4.78 is 25.7. The van der Waals surface area contributed by atoms with Crippen molar-refractivity contribution in [3.63, 3.8) is 0 Å². The van der Waals surface area contributed by atoms with E-state index in [1.54, 1.807) is 53.7 Å². The summed E-state index contributed by atoms with van der Waals surface area (Å²) in [6, 6.07) is 2.58. The van der Waals surface area contributed by atoms with Gasteiger partial charge in [0.25, 0.3) is 5.91 Å². The molecule has 5 atom stereocenters. The lowest BCUT2D eigenvalue weighted by molar-refractivity contribution is -0.151. The molecule has 13 nitrogen and oxygen atoms in total. The fraction of sp³-hybridized carbons (Fsp3) is 0.694. The van der Waals surface area contributed by atoms with Gasteiger partial charge in [-0.25, -0.2) is 19.5 Å². The van der Waals surface area contributed by atoms with Crippen molar-refractivity contribution in [3.05, 3.63) is 35.1 Å². The number of nitrogens with zero attached hydrogens (tertiary/aromatic N) is 2. The molecule has 3 heterocycles. The van der Waals surface area contributed by atoms with Crippen LogP contribution in [-0.4, -0.2) is 81.2 Å². The Hall–Kier alpha value is -3.94. The van der Waals surface area contributed by atoms with Gasteiger partial charge < -0.3 is 25.0 Å².